The second kappa shape index (κ2) is 7.43. The second-order valence-corrected chi connectivity index (χ2v) is 5.84. The van der Waals surface area contributed by atoms with Crippen molar-refractivity contribution in [3.63, 3.8) is 0 Å². The van der Waals surface area contributed by atoms with Crippen molar-refractivity contribution in [3.05, 3.63) is 60.2 Å². The number of rotatable bonds is 5. The highest BCUT2D eigenvalue weighted by Gasteiger charge is 2.21. The van der Waals surface area contributed by atoms with Crippen molar-refractivity contribution >= 4 is 0 Å². The SMILES string of the molecule is NCC(c1cccc(Oc2ccccc2)c1)N1CCCCC1. The van der Waals surface area contributed by atoms with E-state index in [4.69, 9.17) is 10.5 Å². The highest BCUT2D eigenvalue weighted by molar-refractivity contribution is 5.35. The normalized spacial score (nSPS) is 17.1. The molecule has 2 aromatic rings. The van der Waals surface area contributed by atoms with Gasteiger partial charge in [0.1, 0.15) is 11.5 Å². The van der Waals surface area contributed by atoms with Gasteiger partial charge in [-0.2, -0.15) is 0 Å². The van der Waals surface area contributed by atoms with Crippen molar-refractivity contribution < 1.29 is 4.74 Å². The van der Waals surface area contributed by atoms with Crippen molar-refractivity contribution in [2.24, 2.45) is 5.73 Å². The minimum absolute atomic E-state index is 0.291. The van der Waals surface area contributed by atoms with E-state index >= 15 is 0 Å². The average Bonchev–Trinajstić information content (AvgIpc) is 2.58. The molecule has 0 aromatic heterocycles. The summed E-state index contributed by atoms with van der Waals surface area (Å²) in [5.41, 5.74) is 7.30. The fraction of sp³-hybridized carbons (Fsp3) is 0.368. The van der Waals surface area contributed by atoms with Crippen molar-refractivity contribution in [1.29, 1.82) is 0 Å². The summed E-state index contributed by atoms with van der Waals surface area (Å²) in [6, 6.07) is 18.5. The summed E-state index contributed by atoms with van der Waals surface area (Å²) in [6.45, 7) is 2.94. The van der Waals surface area contributed by atoms with Crippen LogP contribution in [0.2, 0.25) is 0 Å². The van der Waals surface area contributed by atoms with E-state index in [-0.39, 0.29) is 0 Å². The van der Waals surface area contributed by atoms with Gasteiger partial charge in [-0.05, 0) is 55.8 Å². The molecule has 0 amide bonds. The minimum atomic E-state index is 0.291. The highest BCUT2D eigenvalue weighted by atomic mass is 16.5. The van der Waals surface area contributed by atoms with Gasteiger partial charge < -0.3 is 10.5 Å². The number of hydrogen-bond donors (Lipinski definition) is 1. The first-order valence-corrected chi connectivity index (χ1v) is 8.14. The Bertz CT molecular complexity index is 579. The van der Waals surface area contributed by atoms with Crippen LogP contribution in [0.4, 0.5) is 0 Å². The number of likely N-dealkylation sites (tertiary alicyclic amines) is 1. The first-order valence-electron chi connectivity index (χ1n) is 8.14. The van der Waals surface area contributed by atoms with Crippen LogP contribution in [0.3, 0.4) is 0 Å². The standard InChI is InChI=1S/C19H24N2O/c20-15-19(21-12-5-2-6-13-21)16-8-7-11-18(14-16)22-17-9-3-1-4-10-17/h1,3-4,7-11,14,19H,2,5-6,12-13,15,20H2. The molecule has 0 aliphatic carbocycles. The van der Waals surface area contributed by atoms with Gasteiger partial charge in [0, 0.05) is 12.6 Å². The topological polar surface area (TPSA) is 38.5 Å². The highest BCUT2D eigenvalue weighted by Crippen LogP contribution is 2.28. The molecule has 2 N–H and O–H groups in total. The lowest BCUT2D eigenvalue weighted by atomic mass is 10.0. The summed E-state index contributed by atoms with van der Waals surface area (Å²) in [4.78, 5) is 2.51. The fourth-order valence-corrected chi connectivity index (χ4v) is 3.14. The molecule has 0 radical (unpaired) electrons. The lowest BCUT2D eigenvalue weighted by Crippen LogP contribution is -2.37. The van der Waals surface area contributed by atoms with Crippen LogP contribution >= 0.6 is 0 Å². The van der Waals surface area contributed by atoms with E-state index in [9.17, 15) is 0 Å². The number of nitrogens with two attached hydrogens (primary N) is 1. The molecule has 1 unspecified atom stereocenters. The Morgan fingerprint density at radius 3 is 2.36 bits per heavy atom. The minimum Gasteiger partial charge on any atom is -0.457 e. The zero-order chi connectivity index (χ0) is 15.2. The van der Waals surface area contributed by atoms with E-state index in [1.165, 1.54) is 24.8 Å². The van der Waals surface area contributed by atoms with E-state index < -0.39 is 0 Å². The van der Waals surface area contributed by atoms with Crippen molar-refractivity contribution in [1.82, 2.24) is 4.90 Å². The maximum atomic E-state index is 6.06. The van der Waals surface area contributed by atoms with E-state index in [0.717, 1.165) is 24.6 Å². The van der Waals surface area contributed by atoms with Crippen LogP contribution in [0.5, 0.6) is 11.5 Å². The summed E-state index contributed by atoms with van der Waals surface area (Å²) >= 11 is 0. The molecule has 3 heteroatoms. The van der Waals surface area contributed by atoms with E-state index in [2.05, 4.69) is 23.1 Å². The summed E-state index contributed by atoms with van der Waals surface area (Å²) in [5, 5.41) is 0. The molecule has 1 saturated heterocycles. The molecule has 1 atom stereocenters. The van der Waals surface area contributed by atoms with Gasteiger partial charge in [-0.3, -0.25) is 4.90 Å². The summed E-state index contributed by atoms with van der Waals surface area (Å²) < 4.78 is 5.94. The Morgan fingerprint density at radius 1 is 0.909 bits per heavy atom. The summed E-state index contributed by atoms with van der Waals surface area (Å²) in [7, 11) is 0. The summed E-state index contributed by atoms with van der Waals surface area (Å²) in [6.07, 6.45) is 3.89. The third-order valence-corrected chi connectivity index (χ3v) is 4.28. The first-order chi connectivity index (χ1) is 10.9. The molecule has 3 rings (SSSR count). The molecule has 2 aromatic carbocycles. The zero-order valence-electron chi connectivity index (χ0n) is 12.9. The molecule has 0 bridgehead atoms. The molecular formula is C19H24N2O. The Balaban J connectivity index is 1.77. The van der Waals surface area contributed by atoms with Crippen molar-refractivity contribution in [2.45, 2.75) is 25.3 Å². The third-order valence-electron chi connectivity index (χ3n) is 4.28. The van der Waals surface area contributed by atoms with Gasteiger partial charge in [0.05, 0.1) is 0 Å². The Morgan fingerprint density at radius 2 is 1.64 bits per heavy atom. The van der Waals surface area contributed by atoms with Gasteiger partial charge in [0.25, 0.3) is 0 Å². The average molecular weight is 296 g/mol. The van der Waals surface area contributed by atoms with Crippen molar-refractivity contribution in [3.8, 4) is 11.5 Å². The Hall–Kier alpha value is -1.84. The number of nitrogens with zero attached hydrogens (tertiary/aromatic N) is 1. The predicted octanol–water partition coefficient (Wildman–Crippen LogP) is 3.96. The number of para-hydroxylation sites is 1. The van der Waals surface area contributed by atoms with Crippen LogP contribution in [0, 0.1) is 0 Å². The van der Waals surface area contributed by atoms with Crippen LogP contribution in [-0.2, 0) is 0 Å². The van der Waals surface area contributed by atoms with Gasteiger partial charge in [0.2, 0.25) is 0 Å². The lowest BCUT2D eigenvalue weighted by molar-refractivity contribution is 0.167. The maximum Gasteiger partial charge on any atom is 0.127 e. The van der Waals surface area contributed by atoms with Crippen molar-refractivity contribution in [2.75, 3.05) is 19.6 Å². The molecule has 22 heavy (non-hydrogen) atoms. The maximum absolute atomic E-state index is 6.06. The monoisotopic (exact) mass is 296 g/mol. The smallest absolute Gasteiger partial charge is 0.127 e. The number of ether oxygens (including phenoxy) is 1. The van der Waals surface area contributed by atoms with Crippen LogP contribution in [0.15, 0.2) is 54.6 Å². The van der Waals surface area contributed by atoms with E-state index in [1.807, 2.05) is 36.4 Å². The number of benzene rings is 2. The van der Waals surface area contributed by atoms with Gasteiger partial charge >= 0.3 is 0 Å². The molecule has 1 heterocycles. The van der Waals surface area contributed by atoms with Crippen LogP contribution in [-0.4, -0.2) is 24.5 Å². The Labute approximate surface area is 132 Å². The largest absolute Gasteiger partial charge is 0.457 e. The molecule has 0 saturated carbocycles. The summed E-state index contributed by atoms with van der Waals surface area (Å²) in [5.74, 6) is 1.74. The van der Waals surface area contributed by atoms with Gasteiger partial charge in [-0.15, -0.1) is 0 Å². The third kappa shape index (κ3) is 3.67. The molecule has 116 valence electrons. The molecule has 1 fully saturated rings. The molecule has 1 aliphatic rings. The lowest BCUT2D eigenvalue weighted by Gasteiger charge is -2.34. The van der Waals surface area contributed by atoms with Gasteiger partial charge in [-0.1, -0.05) is 36.8 Å². The van der Waals surface area contributed by atoms with E-state index in [1.54, 1.807) is 0 Å². The van der Waals surface area contributed by atoms with Crippen LogP contribution in [0.1, 0.15) is 30.9 Å². The molecule has 0 spiro atoms. The van der Waals surface area contributed by atoms with Crippen LogP contribution < -0.4 is 10.5 Å². The molecule has 3 nitrogen and oxygen atoms in total. The van der Waals surface area contributed by atoms with E-state index in [0.29, 0.717) is 12.6 Å². The fourth-order valence-electron chi connectivity index (χ4n) is 3.14. The molecular weight excluding hydrogens is 272 g/mol. The van der Waals surface area contributed by atoms with Crippen LogP contribution in [0.25, 0.3) is 0 Å². The first kappa shape index (κ1) is 15.1. The quantitative estimate of drug-likeness (QED) is 0.907. The van der Waals surface area contributed by atoms with Gasteiger partial charge in [-0.25, -0.2) is 0 Å². The molecule has 1 aliphatic heterocycles. The Kier molecular flexibility index (Phi) is 5.09. The predicted molar refractivity (Wildman–Crippen MR) is 90.2 cm³/mol. The zero-order valence-corrected chi connectivity index (χ0v) is 12.9. The van der Waals surface area contributed by atoms with Gasteiger partial charge in [0.15, 0.2) is 0 Å². The number of piperidine rings is 1. The number of hydrogen-bond acceptors (Lipinski definition) is 3. The second-order valence-electron chi connectivity index (χ2n) is 5.84.